The van der Waals surface area contributed by atoms with E-state index in [0.717, 1.165) is 22.9 Å². The average Bonchev–Trinajstić information content (AvgIpc) is 2.76. The first-order valence-electron chi connectivity index (χ1n) is 6.82. The molecule has 3 nitrogen and oxygen atoms in total. The van der Waals surface area contributed by atoms with Crippen molar-refractivity contribution in [3.8, 4) is 0 Å². The van der Waals surface area contributed by atoms with E-state index in [1.807, 2.05) is 12.1 Å². The Balaban J connectivity index is 2.20. The van der Waals surface area contributed by atoms with Gasteiger partial charge in [0.25, 0.3) is 5.91 Å². The second-order valence-electron chi connectivity index (χ2n) is 4.88. The Kier molecular flexibility index (Phi) is 4.89. The smallest absolute Gasteiger partial charge is 0.263 e. The van der Waals surface area contributed by atoms with Crippen molar-refractivity contribution in [2.75, 3.05) is 12.3 Å². The van der Waals surface area contributed by atoms with E-state index in [2.05, 4.69) is 19.2 Å². The summed E-state index contributed by atoms with van der Waals surface area (Å²) in [7, 11) is 0. The number of thiophene rings is 1. The average molecular weight is 311 g/mol. The Morgan fingerprint density at radius 3 is 2.75 bits per heavy atom. The van der Waals surface area contributed by atoms with Crippen LogP contribution in [0.4, 0.5) is 5.69 Å². The molecule has 0 radical (unpaired) electrons. The highest BCUT2D eigenvalue weighted by Gasteiger charge is 2.17. The molecule has 3 N–H and O–H groups in total. The number of nitrogens with two attached hydrogens (primary N) is 1. The molecule has 1 aromatic carbocycles. The van der Waals surface area contributed by atoms with Crippen LogP contribution < -0.4 is 11.1 Å². The molecule has 0 atom stereocenters. The predicted octanol–water partition coefficient (Wildman–Crippen LogP) is 4.30. The summed E-state index contributed by atoms with van der Waals surface area (Å²) in [6.07, 6.45) is 2.13. The molecule has 1 amide bonds. The van der Waals surface area contributed by atoms with Crippen molar-refractivity contribution in [2.24, 2.45) is 5.92 Å². The molecule has 0 aliphatic carbocycles. The maximum atomic E-state index is 12.2. The summed E-state index contributed by atoms with van der Waals surface area (Å²) in [4.78, 5) is 12.8. The van der Waals surface area contributed by atoms with Crippen molar-refractivity contribution in [3.05, 3.63) is 28.1 Å². The third-order valence-corrected chi connectivity index (χ3v) is 5.00. The van der Waals surface area contributed by atoms with Gasteiger partial charge in [-0.15, -0.1) is 11.3 Å². The molecule has 2 rings (SSSR count). The Morgan fingerprint density at radius 1 is 1.40 bits per heavy atom. The van der Waals surface area contributed by atoms with Gasteiger partial charge in [-0.1, -0.05) is 38.3 Å². The fraction of sp³-hybridized carbons (Fsp3) is 0.400. The zero-order chi connectivity index (χ0) is 14.7. The number of hydrogen-bond acceptors (Lipinski definition) is 3. The number of nitrogens with one attached hydrogen (secondary N) is 1. The number of amides is 1. The van der Waals surface area contributed by atoms with Crippen LogP contribution in [0.5, 0.6) is 0 Å². The molecule has 0 saturated heterocycles. The van der Waals surface area contributed by atoms with Crippen LogP contribution in [0, 0.1) is 5.92 Å². The summed E-state index contributed by atoms with van der Waals surface area (Å²) < 4.78 is 0.947. The quantitative estimate of drug-likeness (QED) is 0.865. The lowest BCUT2D eigenvalue weighted by molar-refractivity contribution is 0.0951. The summed E-state index contributed by atoms with van der Waals surface area (Å²) in [6, 6.07) is 5.50. The van der Waals surface area contributed by atoms with Crippen LogP contribution in [0.15, 0.2) is 18.2 Å². The molecule has 0 fully saturated rings. The Hall–Kier alpha value is -1.26. The first-order chi connectivity index (χ1) is 9.56. The monoisotopic (exact) mass is 310 g/mol. The number of rotatable bonds is 5. The zero-order valence-corrected chi connectivity index (χ0v) is 13.3. The molecule has 2 aromatic rings. The van der Waals surface area contributed by atoms with Gasteiger partial charge >= 0.3 is 0 Å². The van der Waals surface area contributed by atoms with Gasteiger partial charge in [-0.05, 0) is 24.1 Å². The molecule has 0 spiro atoms. The molecular formula is C15H19ClN2OS. The predicted molar refractivity (Wildman–Crippen MR) is 87.7 cm³/mol. The van der Waals surface area contributed by atoms with E-state index >= 15 is 0 Å². The topological polar surface area (TPSA) is 55.1 Å². The summed E-state index contributed by atoms with van der Waals surface area (Å²) >= 11 is 7.36. The van der Waals surface area contributed by atoms with E-state index in [1.54, 1.807) is 6.07 Å². The molecule has 0 bridgehead atoms. The second-order valence-corrected chi connectivity index (χ2v) is 6.37. The maximum absolute atomic E-state index is 12.2. The minimum atomic E-state index is -0.0910. The Bertz CT molecular complexity index is 620. The van der Waals surface area contributed by atoms with Crippen molar-refractivity contribution in [1.82, 2.24) is 5.32 Å². The first-order valence-corrected chi connectivity index (χ1v) is 8.02. The molecule has 1 aromatic heterocycles. The highest BCUT2D eigenvalue weighted by molar-refractivity contribution is 7.21. The molecule has 0 saturated carbocycles. The van der Waals surface area contributed by atoms with Crippen molar-refractivity contribution >= 4 is 44.6 Å². The van der Waals surface area contributed by atoms with Gasteiger partial charge in [-0.3, -0.25) is 4.79 Å². The first kappa shape index (κ1) is 15.1. The van der Waals surface area contributed by atoms with Crippen LogP contribution in [0.2, 0.25) is 5.02 Å². The number of carbonyl (C=O) groups is 1. The maximum Gasteiger partial charge on any atom is 0.263 e. The largest absolute Gasteiger partial charge is 0.397 e. The van der Waals surface area contributed by atoms with Crippen molar-refractivity contribution < 1.29 is 4.79 Å². The van der Waals surface area contributed by atoms with Crippen LogP contribution in [0.25, 0.3) is 10.1 Å². The summed E-state index contributed by atoms with van der Waals surface area (Å²) in [5, 5.41) is 4.53. The second kappa shape index (κ2) is 6.46. The van der Waals surface area contributed by atoms with Gasteiger partial charge in [0, 0.05) is 21.7 Å². The van der Waals surface area contributed by atoms with Gasteiger partial charge < -0.3 is 11.1 Å². The lowest BCUT2D eigenvalue weighted by Gasteiger charge is -2.12. The number of nitrogen functional groups attached to an aromatic ring is 1. The van der Waals surface area contributed by atoms with Gasteiger partial charge in [0.05, 0.1) is 5.69 Å². The standard InChI is InChI=1S/C15H19ClN2OS/c1-3-9(4-2)8-18-15(19)14-13(17)11-6-5-10(16)7-12(11)20-14/h5-7,9H,3-4,8,17H2,1-2H3,(H,18,19). The Labute approximate surface area is 128 Å². The molecule has 108 valence electrons. The number of benzene rings is 1. The van der Waals surface area contributed by atoms with E-state index in [-0.39, 0.29) is 5.91 Å². The zero-order valence-electron chi connectivity index (χ0n) is 11.7. The van der Waals surface area contributed by atoms with Gasteiger partial charge in [0.2, 0.25) is 0 Å². The van der Waals surface area contributed by atoms with Crippen LogP contribution >= 0.6 is 22.9 Å². The normalized spacial score (nSPS) is 11.2. The fourth-order valence-electron chi connectivity index (χ4n) is 2.15. The number of halogens is 1. The molecule has 5 heteroatoms. The molecule has 0 aliphatic rings. The van der Waals surface area contributed by atoms with E-state index < -0.39 is 0 Å². The number of fused-ring (bicyclic) bond motifs is 1. The van der Waals surface area contributed by atoms with Gasteiger partial charge in [0.1, 0.15) is 4.88 Å². The molecule has 20 heavy (non-hydrogen) atoms. The van der Waals surface area contributed by atoms with Crippen LogP contribution in [-0.2, 0) is 0 Å². The number of hydrogen-bond donors (Lipinski definition) is 2. The molecule has 1 heterocycles. The van der Waals surface area contributed by atoms with Crippen LogP contribution in [0.3, 0.4) is 0 Å². The lowest BCUT2D eigenvalue weighted by Crippen LogP contribution is -2.28. The summed E-state index contributed by atoms with van der Waals surface area (Å²) in [6.45, 7) is 4.96. The van der Waals surface area contributed by atoms with Crippen molar-refractivity contribution in [1.29, 1.82) is 0 Å². The fourth-order valence-corrected chi connectivity index (χ4v) is 3.47. The third kappa shape index (κ3) is 3.07. The number of anilines is 1. The van der Waals surface area contributed by atoms with Gasteiger partial charge in [0.15, 0.2) is 0 Å². The van der Waals surface area contributed by atoms with Crippen molar-refractivity contribution in [3.63, 3.8) is 0 Å². The van der Waals surface area contributed by atoms with Crippen LogP contribution in [0.1, 0.15) is 36.4 Å². The van der Waals surface area contributed by atoms with Gasteiger partial charge in [-0.25, -0.2) is 0 Å². The molecular weight excluding hydrogens is 292 g/mol. The Morgan fingerprint density at radius 2 is 2.10 bits per heavy atom. The van der Waals surface area contributed by atoms with E-state index in [9.17, 15) is 4.79 Å². The van der Waals surface area contributed by atoms with Crippen LogP contribution in [-0.4, -0.2) is 12.5 Å². The van der Waals surface area contributed by atoms with E-state index in [1.165, 1.54) is 11.3 Å². The number of carbonyl (C=O) groups excluding carboxylic acids is 1. The van der Waals surface area contributed by atoms with E-state index in [4.69, 9.17) is 17.3 Å². The molecule has 0 unspecified atom stereocenters. The highest BCUT2D eigenvalue weighted by atomic mass is 35.5. The van der Waals surface area contributed by atoms with Crippen molar-refractivity contribution in [2.45, 2.75) is 26.7 Å². The minimum Gasteiger partial charge on any atom is -0.397 e. The lowest BCUT2D eigenvalue weighted by atomic mass is 10.0. The highest BCUT2D eigenvalue weighted by Crippen LogP contribution is 2.35. The third-order valence-electron chi connectivity index (χ3n) is 3.60. The molecule has 0 aliphatic heterocycles. The minimum absolute atomic E-state index is 0.0910. The summed E-state index contributed by atoms with van der Waals surface area (Å²) in [5.74, 6) is 0.427. The van der Waals surface area contributed by atoms with Gasteiger partial charge in [-0.2, -0.15) is 0 Å². The van der Waals surface area contributed by atoms with E-state index in [0.29, 0.717) is 28.0 Å². The summed E-state index contributed by atoms with van der Waals surface area (Å²) in [5.41, 5.74) is 6.61. The SMILES string of the molecule is CCC(CC)CNC(=O)c1sc2cc(Cl)ccc2c1N.